The molecular weight excluding hydrogens is 289 g/mol. The first-order chi connectivity index (χ1) is 8.41. The van der Waals surface area contributed by atoms with Crippen molar-refractivity contribution in [1.82, 2.24) is 0 Å². The number of carbonyl (C=O) groups is 1. The van der Waals surface area contributed by atoms with Crippen LogP contribution in [-0.2, 0) is 9.53 Å². The number of esters is 1. The Labute approximate surface area is 112 Å². The lowest BCUT2D eigenvalue weighted by molar-refractivity contribution is -0.143. The van der Waals surface area contributed by atoms with Crippen LogP contribution in [0.25, 0.3) is 0 Å². The SMILES string of the molecule is O=C1O[C@@H]2[C@H]3C[C@@H](C[C@H]13)[C@H]2S[C@H](CCl)C(F)(F)F. The molecule has 0 N–H and O–H groups in total. The van der Waals surface area contributed by atoms with Gasteiger partial charge in [-0.25, -0.2) is 0 Å². The number of ether oxygens (including phenoxy) is 1. The summed E-state index contributed by atoms with van der Waals surface area (Å²) in [5.74, 6) is -0.410. The van der Waals surface area contributed by atoms with E-state index in [1.165, 1.54) is 0 Å². The standard InChI is InChI=1S/C11H12ClF3O2S/c12-3-7(11(13,14)15)18-9-4-1-5-6(2-4)10(16)17-8(5)9/h4-9H,1-3H2/t4-,5-,6-,7+,8+,9+/m0/s1. The molecular formula is C11H12ClF3O2S. The van der Waals surface area contributed by atoms with Crippen molar-refractivity contribution in [2.75, 3.05) is 5.88 Å². The molecule has 3 aliphatic rings. The van der Waals surface area contributed by atoms with Gasteiger partial charge in [0.1, 0.15) is 11.4 Å². The summed E-state index contributed by atoms with van der Waals surface area (Å²) in [4.78, 5) is 11.5. The third-order valence-corrected chi connectivity index (χ3v) is 6.46. The van der Waals surface area contributed by atoms with Crippen molar-refractivity contribution < 1.29 is 22.7 Å². The van der Waals surface area contributed by atoms with Gasteiger partial charge in [-0.15, -0.1) is 23.4 Å². The van der Waals surface area contributed by atoms with E-state index in [4.69, 9.17) is 16.3 Å². The Morgan fingerprint density at radius 1 is 1.44 bits per heavy atom. The van der Waals surface area contributed by atoms with E-state index in [0.29, 0.717) is 6.42 Å². The molecule has 7 heteroatoms. The lowest BCUT2D eigenvalue weighted by atomic mass is 9.89. The third-order valence-electron chi connectivity index (χ3n) is 4.24. The number of fused-ring (bicyclic) bond motifs is 1. The van der Waals surface area contributed by atoms with Crippen LogP contribution in [0.4, 0.5) is 13.2 Å². The smallest absolute Gasteiger partial charge is 0.401 e. The molecule has 1 saturated heterocycles. The van der Waals surface area contributed by atoms with E-state index in [1.54, 1.807) is 0 Å². The Hall–Kier alpha value is -0.100. The first kappa shape index (κ1) is 12.9. The number of thioether (sulfide) groups is 1. The third kappa shape index (κ3) is 1.83. The Kier molecular flexibility index (Phi) is 3.01. The highest BCUT2D eigenvalue weighted by molar-refractivity contribution is 8.00. The Morgan fingerprint density at radius 2 is 2.17 bits per heavy atom. The molecule has 0 unspecified atom stereocenters. The van der Waals surface area contributed by atoms with E-state index in [-0.39, 0.29) is 35.1 Å². The summed E-state index contributed by atoms with van der Waals surface area (Å²) in [5.41, 5.74) is 0. The van der Waals surface area contributed by atoms with Gasteiger partial charge in [0.25, 0.3) is 0 Å². The summed E-state index contributed by atoms with van der Waals surface area (Å²) >= 11 is 6.26. The minimum Gasteiger partial charge on any atom is -0.461 e. The fraction of sp³-hybridized carbons (Fsp3) is 0.909. The van der Waals surface area contributed by atoms with Gasteiger partial charge in [-0.05, 0) is 18.8 Å². The van der Waals surface area contributed by atoms with Crippen LogP contribution in [0.1, 0.15) is 12.8 Å². The molecule has 1 heterocycles. The lowest BCUT2D eigenvalue weighted by Gasteiger charge is -2.28. The Balaban J connectivity index is 1.73. The van der Waals surface area contributed by atoms with Crippen molar-refractivity contribution in [2.24, 2.45) is 17.8 Å². The number of alkyl halides is 4. The summed E-state index contributed by atoms with van der Waals surface area (Å²) in [5, 5.41) is -1.80. The summed E-state index contributed by atoms with van der Waals surface area (Å²) in [6.07, 6.45) is -3.11. The van der Waals surface area contributed by atoms with Gasteiger partial charge < -0.3 is 4.74 Å². The topological polar surface area (TPSA) is 26.3 Å². The number of hydrogen-bond donors (Lipinski definition) is 0. The number of hydrogen-bond acceptors (Lipinski definition) is 3. The van der Waals surface area contributed by atoms with Crippen LogP contribution in [0.5, 0.6) is 0 Å². The normalized spacial score (nSPS) is 43.3. The van der Waals surface area contributed by atoms with E-state index in [2.05, 4.69) is 0 Å². The second-order valence-electron chi connectivity index (χ2n) is 5.19. The van der Waals surface area contributed by atoms with Crippen LogP contribution in [0.3, 0.4) is 0 Å². The van der Waals surface area contributed by atoms with E-state index < -0.39 is 17.3 Å². The number of halogens is 4. The monoisotopic (exact) mass is 300 g/mol. The zero-order valence-corrected chi connectivity index (χ0v) is 10.9. The van der Waals surface area contributed by atoms with E-state index in [9.17, 15) is 18.0 Å². The molecule has 18 heavy (non-hydrogen) atoms. The van der Waals surface area contributed by atoms with Crippen LogP contribution >= 0.6 is 23.4 Å². The highest BCUT2D eigenvalue weighted by atomic mass is 35.5. The molecule has 3 fully saturated rings. The maximum atomic E-state index is 12.7. The Morgan fingerprint density at radius 3 is 2.78 bits per heavy atom. The lowest BCUT2D eigenvalue weighted by Crippen LogP contribution is -2.36. The fourth-order valence-electron chi connectivity index (χ4n) is 3.48. The highest BCUT2D eigenvalue weighted by Gasteiger charge is 2.62. The van der Waals surface area contributed by atoms with Crippen LogP contribution in [0, 0.1) is 17.8 Å². The van der Waals surface area contributed by atoms with Crippen LogP contribution in [0.2, 0.25) is 0 Å². The van der Waals surface area contributed by atoms with Crippen molar-refractivity contribution in [3.05, 3.63) is 0 Å². The molecule has 3 rings (SSSR count). The van der Waals surface area contributed by atoms with Gasteiger partial charge in [-0.2, -0.15) is 13.2 Å². The average Bonchev–Trinajstić information content (AvgIpc) is 2.86. The second kappa shape index (κ2) is 4.20. The van der Waals surface area contributed by atoms with E-state index >= 15 is 0 Å². The van der Waals surface area contributed by atoms with Gasteiger partial charge in [-0.3, -0.25) is 4.79 Å². The second-order valence-corrected chi connectivity index (χ2v) is 6.88. The van der Waals surface area contributed by atoms with Gasteiger partial charge in [0.05, 0.1) is 5.92 Å². The summed E-state index contributed by atoms with van der Waals surface area (Å²) in [6, 6.07) is 0. The van der Waals surface area contributed by atoms with Crippen molar-refractivity contribution >= 4 is 29.3 Å². The summed E-state index contributed by atoms with van der Waals surface area (Å²) < 4.78 is 43.4. The number of carbonyl (C=O) groups excluding carboxylic acids is 1. The van der Waals surface area contributed by atoms with Gasteiger partial charge in [0.15, 0.2) is 0 Å². The zero-order chi connectivity index (χ0) is 13.1. The van der Waals surface area contributed by atoms with E-state index in [1.807, 2.05) is 0 Å². The van der Waals surface area contributed by atoms with Crippen LogP contribution in [-0.4, -0.2) is 34.6 Å². The van der Waals surface area contributed by atoms with Gasteiger partial charge >= 0.3 is 12.1 Å². The molecule has 1 aliphatic heterocycles. The van der Waals surface area contributed by atoms with Crippen molar-refractivity contribution in [1.29, 1.82) is 0 Å². The minimum absolute atomic E-state index is 0.0582. The predicted octanol–water partition coefficient (Wildman–Crippen LogP) is 2.84. The predicted molar refractivity (Wildman–Crippen MR) is 61.5 cm³/mol. The summed E-state index contributed by atoms with van der Waals surface area (Å²) in [7, 11) is 0. The largest absolute Gasteiger partial charge is 0.461 e. The molecule has 0 aromatic rings. The van der Waals surface area contributed by atoms with Gasteiger partial charge in [-0.1, -0.05) is 0 Å². The average molecular weight is 301 g/mol. The molecule has 102 valence electrons. The fourth-order valence-corrected chi connectivity index (χ4v) is 5.34. The molecule has 2 saturated carbocycles. The quantitative estimate of drug-likeness (QED) is 0.592. The molecule has 0 amide bonds. The maximum Gasteiger partial charge on any atom is 0.401 e. The number of rotatable bonds is 3. The first-order valence-electron chi connectivity index (χ1n) is 5.90. The molecule has 0 aromatic heterocycles. The van der Waals surface area contributed by atoms with Gasteiger partial charge in [0, 0.05) is 17.0 Å². The molecule has 6 atom stereocenters. The van der Waals surface area contributed by atoms with Crippen molar-refractivity contribution in [3.8, 4) is 0 Å². The molecule has 0 radical (unpaired) electrons. The minimum atomic E-state index is -4.30. The molecule has 2 bridgehead atoms. The molecule has 2 aliphatic carbocycles. The van der Waals surface area contributed by atoms with Gasteiger partial charge in [0.2, 0.25) is 0 Å². The maximum absolute atomic E-state index is 12.7. The first-order valence-corrected chi connectivity index (χ1v) is 7.38. The van der Waals surface area contributed by atoms with Crippen LogP contribution < -0.4 is 0 Å². The van der Waals surface area contributed by atoms with Crippen molar-refractivity contribution in [3.63, 3.8) is 0 Å². The zero-order valence-electron chi connectivity index (χ0n) is 9.32. The van der Waals surface area contributed by atoms with Crippen LogP contribution in [0.15, 0.2) is 0 Å². The Bertz CT molecular complexity index is 376. The van der Waals surface area contributed by atoms with Crippen molar-refractivity contribution in [2.45, 2.75) is 35.6 Å². The molecule has 2 nitrogen and oxygen atoms in total. The summed E-state index contributed by atoms with van der Waals surface area (Å²) in [6.45, 7) is 0. The molecule has 0 aromatic carbocycles. The highest BCUT2D eigenvalue weighted by Crippen LogP contribution is 2.59. The van der Waals surface area contributed by atoms with E-state index in [0.717, 1.165) is 18.2 Å². The molecule has 0 spiro atoms.